The fraction of sp³-hybridized carbons (Fsp3) is 0.167. The summed E-state index contributed by atoms with van der Waals surface area (Å²) in [6, 6.07) is 12.5. The van der Waals surface area contributed by atoms with Crippen LogP contribution < -0.4 is 10.2 Å². The van der Waals surface area contributed by atoms with Gasteiger partial charge >= 0.3 is 6.18 Å². The topological polar surface area (TPSA) is 59.4 Å². The van der Waals surface area contributed by atoms with E-state index in [0.717, 1.165) is 5.69 Å². The van der Waals surface area contributed by atoms with Gasteiger partial charge < -0.3 is 4.74 Å². The van der Waals surface area contributed by atoms with Crippen molar-refractivity contribution in [2.24, 2.45) is 5.10 Å². The summed E-state index contributed by atoms with van der Waals surface area (Å²) in [4.78, 5) is 8.38. The minimum absolute atomic E-state index is 0.0855. The molecule has 0 bridgehead atoms. The van der Waals surface area contributed by atoms with Crippen LogP contribution in [0.5, 0.6) is 5.88 Å². The third kappa shape index (κ3) is 5.52. The highest BCUT2D eigenvalue weighted by Gasteiger charge is 2.28. The van der Waals surface area contributed by atoms with Crippen molar-refractivity contribution in [2.45, 2.75) is 13.1 Å². The van der Waals surface area contributed by atoms with E-state index in [9.17, 15) is 13.2 Å². The molecule has 2 heterocycles. The van der Waals surface area contributed by atoms with Crippen LogP contribution in [0.3, 0.4) is 0 Å². The van der Waals surface area contributed by atoms with Crippen LogP contribution >= 0.6 is 11.3 Å². The molecular formula is C18H15F3N4OS. The summed E-state index contributed by atoms with van der Waals surface area (Å²) in [5.41, 5.74) is 5.93. The Morgan fingerprint density at radius 2 is 1.96 bits per heavy atom. The summed E-state index contributed by atoms with van der Waals surface area (Å²) in [5, 5.41) is 6.85. The zero-order valence-corrected chi connectivity index (χ0v) is 15.0. The van der Waals surface area contributed by atoms with Crippen LogP contribution in [0.1, 0.15) is 12.6 Å². The summed E-state index contributed by atoms with van der Waals surface area (Å²) in [5.74, 6) is -0.0855. The van der Waals surface area contributed by atoms with E-state index in [0.29, 0.717) is 22.0 Å². The van der Waals surface area contributed by atoms with Crippen LogP contribution in [0.4, 0.5) is 18.9 Å². The van der Waals surface area contributed by atoms with E-state index >= 15 is 0 Å². The highest BCUT2D eigenvalue weighted by Crippen LogP contribution is 2.25. The Morgan fingerprint density at radius 3 is 2.63 bits per heavy atom. The molecule has 0 aliphatic rings. The summed E-state index contributed by atoms with van der Waals surface area (Å²) in [6.07, 6.45) is -2.96. The summed E-state index contributed by atoms with van der Waals surface area (Å²) >= 11 is 1.40. The summed E-state index contributed by atoms with van der Waals surface area (Å²) in [6.45, 7) is 0.464. The van der Waals surface area contributed by atoms with Crippen LogP contribution in [0.25, 0.3) is 10.6 Å². The number of hydrogen-bond donors (Lipinski definition) is 1. The molecule has 0 radical (unpaired) electrons. The maximum atomic E-state index is 12.2. The molecule has 0 aliphatic heterocycles. The Hall–Kier alpha value is -2.94. The van der Waals surface area contributed by atoms with Crippen molar-refractivity contribution >= 4 is 22.7 Å². The minimum atomic E-state index is -4.39. The molecule has 0 amide bonds. The third-order valence-electron chi connectivity index (χ3n) is 3.37. The highest BCUT2D eigenvalue weighted by molar-refractivity contribution is 7.13. The van der Waals surface area contributed by atoms with Gasteiger partial charge in [0.15, 0.2) is 6.61 Å². The lowest BCUT2D eigenvalue weighted by molar-refractivity contribution is -0.154. The summed E-state index contributed by atoms with van der Waals surface area (Å²) in [7, 11) is 0. The van der Waals surface area contributed by atoms with Crippen molar-refractivity contribution in [1.82, 2.24) is 9.97 Å². The number of nitrogens with one attached hydrogen (secondary N) is 1. The molecule has 1 N–H and O–H groups in total. The number of benzene rings is 1. The van der Waals surface area contributed by atoms with Crippen molar-refractivity contribution in [3.63, 3.8) is 0 Å². The second-order valence-corrected chi connectivity index (χ2v) is 6.36. The van der Waals surface area contributed by atoms with Gasteiger partial charge in [0.25, 0.3) is 0 Å². The molecule has 0 unspecified atom stereocenters. The van der Waals surface area contributed by atoms with E-state index in [1.165, 1.54) is 23.6 Å². The van der Waals surface area contributed by atoms with Crippen LogP contribution in [-0.2, 0) is 0 Å². The van der Waals surface area contributed by atoms with Crippen LogP contribution in [0.2, 0.25) is 0 Å². The molecule has 27 heavy (non-hydrogen) atoms. The fourth-order valence-corrected chi connectivity index (χ4v) is 2.89. The number of halogens is 3. The highest BCUT2D eigenvalue weighted by atomic mass is 32.1. The number of rotatable bonds is 6. The van der Waals surface area contributed by atoms with Gasteiger partial charge in [0.1, 0.15) is 5.01 Å². The van der Waals surface area contributed by atoms with E-state index in [-0.39, 0.29) is 5.88 Å². The van der Waals surface area contributed by atoms with Crippen molar-refractivity contribution in [3.8, 4) is 16.5 Å². The molecule has 0 saturated carbocycles. The number of anilines is 1. The van der Waals surface area contributed by atoms with Gasteiger partial charge in [-0.25, -0.2) is 9.97 Å². The molecule has 140 valence electrons. The van der Waals surface area contributed by atoms with Crippen molar-refractivity contribution in [3.05, 3.63) is 59.7 Å². The van der Waals surface area contributed by atoms with Gasteiger partial charge in [-0.2, -0.15) is 18.3 Å². The Balaban J connectivity index is 1.66. The first-order valence-electron chi connectivity index (χ1n) is 7.88. The van der Waals surface area contributed by atoms with E-state index in [4.69, 9.17) is 0 Å². The van der Waals surface area contributed by atoms with E-state index in [1.54, 1.807) is 6.07 Å². The van der Waals surface area contributed by atoms with Gasteiger partial charge in [-0.3, -0.25) is 5.43 Å². The maximum Gasteiger partial charge on any atom is 0.422 e. The molecule has 2 aromatic heterocycles. The molecular weight excluding hydrogens is 377 g/mol. The van der Waals surface area contributed by atoms with E-state index in [1.807, 2.05) is 42.6 Å². The zero-order valence-electron chi connectivity index (χ0n) is 14.2. The van der Waals surface area contributed by atoms with Crippen molar-refractivity contribution < 1.29 is 17.9 Å². The Labute approximate surface area is 157 Å². The standard InChI is InChI=1S/C18H15F3N4OS/c1-12(24-25-14-5-3-2-4-6-14)15-10-27-17(23-15)13-7-8-16(22-9-13)26-11-18(19,20)21/h2-10,25H,11H2,1H3. The zero-order chi connectivity index (χ0) is 19.3. The van der Waals surface area contributed by atoms with Crippen LogP contribution in [0.15, 0.2) is 59.1 Å². The van der Waals surface area contributed by atoms with Gasteiger partial charge in [-0.15, -0.1) is 11.3 Å². The van der Waals surface area contributed by atoms with Gasteiger partial charge in [0, 0.05) is 23.2 Å². The van der Waals surface area contributed by atoms with Crippen LogP contribution in [0, 0.1) is 0 Å². The van der Waals surface area contributed by atoms with Crippen LogP contribution in [-0.4, -0.2) is 28.5 Å². The predicted molar refractivity (Wildman–Crippen MR) is 99.2 cm³/mol. The molecule has 0 fully saturated rings. The van der Waals surface area contributed by atoms with Gasteiger partial charge in [-0.1, -0.05) is 18.2 Å². The third-order valence-corrected chi connectivity index (χ3v) is 4.26. The average Bonchev–Trinajstić information content (AvgIpc) is 3.15. The Bertz CT molecular complexity index is 908. The molecule has 5 nitrogen and oxygen atoms in total. The van der Waals surface area contributed by atoms with E-state index in [2.05, 4.69) is 25.2 Å². The first kappa shape index (κ1) is 18.8. The number of thiazole rings is 1. The number of hydrazone groups is 1. The van der Waals surface area contributed by atoms with Crippen molar-refractivity contribution in [1.29, 1.82) is 0 Å². The second-order valence-electron chi connectivity index (χ2n) is 5.50. The SMILES string of the molecule is CC(=NNc1ccccc1)c1csc(-c2ccc(OCC(F)(F)F)nc2)n1. The molecule has 3 rings (SSSR count). The lowest BCUT2D eigenvalue weighted by Gasteiger charge is -2.08. The average molecular weight is 392 g/mol. The first-order valence-corrected chi connectivity index (χ1v) is 8.76. The number of aromatic nitrogens is 2. The smallest absolute Gasteiger partial charge is 0.422 e. The number of pyridine rings is 1. The normalized spacial score (nSPS) is 12.1. The van der Waals surface area contributed by atoms with E-state index < -0.39 is 12.8 Å². The van der Waals surface area contributed by atoms with Crippen molar-refractivity contribution in [2.75, 3.05) is 12.0 Å². The molecule has 0 spiro atoms. The molecule has 9 heteroatoms. The summed E-state index contributed by atoms with van der Waals surface area (Å²) < 4.78 is 41.1. The predicted octanol–water partition coefficient (Wildman–Crippen LogP) is 4.98. The van der Waals surface area contributed by atoms with Gasteiger partial charge in [-0.05, 0) is 25.1 Å². The Morgan fingerprint density at radius 1 is 1.19 bits per heavy atom. The van der Waals surface area contributed by atoms with Gasteiger partial charge in [0.05, 0.1) is 17.1 Å². The number of para-hydroxylation sites is 1. The molecule has 0 saturated heterocycles. The minimum Gasteiger partial charge on any atom is -0.468 e. The lowest BCUT2D eigenvalue weighted by Crippen LogP contribution is -2.19. The molecule has 0 aliphatic carbocycles. The lowest BCUT2D eigenvalue weighted by atomic mass is 10.3. The maximum absolute atomic E-state index is 12.2. The number of alkyl halides is 3. The quantitative estimate of drug-likeness (QED) is 0.475. The first-order chi connectivity index (χ1) is 12.9. The molecule has 3 aromatic rings. The molecule has 0 atom stereocenters. The number of ether oxygens (including phenoxy) is 1. The Kier molecular flexibility index (Phi) is 5.70. The second kappa shape index (κ2) is 8.17. The van der Waals surface area contributed by atoms with Gasteiger partial charge in [0.2, 0.25) is 5.88 Å². The number of nitrogens with zero attached hydrogens (tertiary/aromatic N) is 3. The fourth-order valence-electron chi connectivity index (χ4n) is 2.04. The monoisotopic (exact) mass is 392 g/mol. The molecule has 1 aromatic carbocycles. The largest absolute Gasteiger partial charge is 0.468 e. The number of hydrogen-bond acceptors (Lipinski definition) is 6.